The molecule has 1 atom stereocenters. The summed E-state index contributed by atoms with van der Waals surface area (Å²) < 4.78 is 30.6. The molecule has 0 bridgehead atoms. The Morgan fingerprint density at radius 3 is 2.64 bits per heavy atom. The summed E-state index contributed by atoms with van der Waals surface area (Å²) in [6, 6.07) is 7.84. The fourth-order valence-electron chi connectivity index (χ4n) is 2.66. The number of hydrogen-bond acceptors (Lipinski definition) is 6. The molecule has 2 aromatic rings. The first-order chi connectivity index (χ1) is 11.8. The number of rotatable bonds is 4. The Hall–Kier alpha value is -1.41. The van der Waals surface area contributed by atoms with E-state index in [1.165, 1.54) is 12.1 Å². The van der Waals surface area contributed by atoms with Crippen molar-refractivity contribution in [1.82, 2.24) is 9.97 Å². The molecule has 9 heteroatoms. The van der Waals surface area contributed by atoms with Gasteiger partial charge in [-0.2, -0.15) is 0 Å². The average molecular weight is 402 g/mol. The number of sulfone groups is 1. The van der Waals surface area contributed by atoms with Crippen molar-refractivity contribution in [1.29, 1.82) is 0 Å². The molecule has 0 spiro atoms. The minimum absolute atomic E-state index is 0.0255. The molecule has 1 aromatic carbocycles. The van der Waals surface area contributed by atoms with E-state index in [0.717, 1.165) is 0 Å². The first-order valence-electron chi connectivity index (χ1n) is 7.71. The molecule has 3 rings (SSSR count). The van der Waals surface area contributed by atoms with Crippen LogP contribution < -0.4 is 4.90 Å². The highest BCUT2D eigenvalue weighted by Gasteiger charge is 2.23. The van der Waals surface area contributed by atoms with Gasteiger partial charge in [0.2, 0.25) is 5.28 Å². The normalized spacial score (nSPS) is 18.4. The highest BCUT2D eigenvalue weighted by molar-refractivity contribution is 7.90. The summed E-state index contributed by atoms with van der Waals surface area (Å²) in [6.07, 6.45) is 0. The summed E-state index contributed by atoms with van der Waals surface area (Å²) in [5.41, 5.74) is 0.351. The summed E-state index contributed by atoms with van der Waals surface area (Å²) in [5.74, 6) is 0.347. The number of halogens is 2. The second kappa shape index (κ2) is 7.45. The molecule has 2 heterocycles. The van der Waals surface area contributed by atoms with E-state index in [-0.39, 0.29) is 22.0 Å². The maximum Gasteiger partial charge on any atom is 0.224 e. The maximum absolute atomic E-state index is 12.6. The van der Waals surface area contributed by atoms with Gasteiger partial charge in [0.1, 0.15) is 5.82 Å². The Labute approximate surface area is 156 Å². The fourth-order valence-corrected chi connectivity index (χ4v) is 4.24. The predicted octanol–water partition coefficient (Wildman–Crippen LogP) is 2.98. The van der Waals surface area contributed by atoms with Crippen molar-refractivity contribution in [3.63, 3.8) is 0 Å². The lowest BCUT2D eigenvalue weighted by Gasteiger charge is -2.34. The van der Waals surface area contributed by atoms with Gasteiger partial charge in [-0.3, -0.25) is 0 Å². The zero-order valence-electron chi connectivity index (χ0n) is 13.5. The number of anilines is 1. The van der Waals surface area contributed by atoms with Crippen molar-refractivity contribution < 1.29 is 13.2 Å². The van der Waals surface area contributed by atoms with Gasteiger partial charge < -0.3 is 9.64 Å². The van der Waals surface area contributed by atoms with Gasteiger partial charge in [0.25, 0.3) is 0 Å². The number of morpholine rings is 1. The second-order valence-corrected chi connectivity index (χ2v) is 8.58. The van der Waals surface area contributed by atoms with E-state index >= 15 is 0 Å². The van der Waals surface area contributed by atoms with Crippen LogP contribution in [0.15, 0.2) is 35.2 Å². The minimum atomic E-state index is -3.56. The van der Waals surface area contributed by atoms with Gasteiger partial charge in [-0.05, 0) is 42.8 Å². The molecule has 0 radical (unpaired) electrons. The van der Waals surface area contributed by atoms with Gasteiger partial charge in [-0.25, -0.2) is 18.4 Å². The van der Waals surface area contributed by atoms with Gasteiger partial charge in [-0.1, -0.05) is 11.6 Å². The third-order valence-corrected chi connectivity index (χ3v) is 6.00. The third kappa shape index (κ3) is 4.41. The third-order valence-electron chi connectivity index (χ3n) is 3.91. The molecule has 134 valence electrons. The Bertz CT molecular complexity index is 859. The largest absolute Gasteiger partial charge is 0.377 e. The average Bonchev–Trinajstić information content (AvgIpc) is 2.54. The predicted molar refractivity (Wildman–Crippen MR) is 97.0 cm³/mol. The lowest BCUT2D eigenvalue weighted by atomic mass is 10.2. The van der Waals surface area contributed by atoms with Crippen LogP contribution in [0.3, 0.4) is 0 Å². The Morgan fingerprint density at radius 1 is 1.24 bits per heavy atom. The summed E-state index contributed by atoms with van der Waals surface area (Å²) in [5, 5.41) is 0.505. The van der Waals surface area contributed by atoms with E-state index in [1.54, 1.807) is 18.2 Å². The van der Waals surface area contributed by atoms with Crippen LogP contribution in [0.5, 0.6) is 0 Å². The van der Waals surface area contributed by atoms with Crippen LogP contribution in [0.1, 0.15) is 12.6 Å². The molecule has 0 saturated carbocycles. The van der Waals surface area contributed by atoms with Crippen molar-refractivity contribution in [2.24, 2.45) is 0 Å². The lowest BCUT2D eigenvalue weighted by Crippen LogP contribution is -2.44. The Balaban J connectivity index is 1.88. The minimum Gasteiger partial charge on any atom is -0.377 e. The topological polar surface area (TPSA) is 72.4 Å². The van der Waals surface area contributed by atoms with Crippen LogP contribution in [0, 0.1) is 0 Å². The van der Waals surface area contributed by atoms with Crippen LogP contribution in [-0.2, 0) is 20.3 Å². The Kier molecular flexibility index (Phi) is 5.48. The van der Waals surface area contributed by atoms with Gasteiger partial charge in [-0.15, -0.1) is 0 Å². The number of nitrogens with zero attached hydrogens (tertiary/aromatic N) is 3. The van der Waals surface area contributed by atoms with Crippen molar-refractivity contribution >= 4 is 38.9 Å². The molecule has 1 aromatic heterocycles. The van der Waals surface area contributed by atoms with Crippen molar-refractivity contribution in [2.75, 3.05) is 24.7 Å². The molecular weight excluding hydrogens is 385 g/mol. The number of ether oxygens (including phenoxy) is 1. The quantitative estimate of drug-likeness (QED) is 0.733. The van der Waals surface area contributed by atoms with Crippen molar-refractivity contribution in [3.05, 3.63) is 46.3 Å². The highest BCUT2D eigenvalue weighted by atomic mass is 35.5. The molecule has 25 heavy (non-hydrogen) atoms. The number of benzene rings is 1. The second-order valence-electron chi connectivity index (χ2n) is 5.82. The molecule has 0 N–H and O–H groups in total. The van der Waals surface area contributed by atoms with E-state index in [0.29, 0.717) is 36.3 Å². The molecule has 1 aliphatic heterocycles. The van der Waals surface area contributed by atoms with E-state index in [9.17, 15) is 8.42 Å². The first kappa shape index (κ1) is 18.4. The number of aromatic nitrogens is 2. The summed E-state index contributed by atoms with van der Waals surface area (Å²) in [6.45, 7) is 3.85. The van der Waals surface area contributed by atoms with E-state index in [2.05, 4.69) is 9.97 Å². The van der Waals surface area contributed by atoms with Gasteiger partial charge in [0, 0.05) is 17.6 Å². The van der Waals surface area contributed by atoms with Crippen LogP contribution in [0.25, 0.3) is 0 Å². The molecule has 6 nitrogen and oxygen atoms in total. The molecule has 0 amide bonds. The van der Waals surface area contributed by atoms with Crippen LogP contribution >= 0.6 is 23.2 Å². The van der Waals surface area contributed by atoms with Crippen molar-refractivity contribution in [3.8, 4) is 0 Å². The van der Waals surface area contributed by atoms with Gasteiger partial charge >= 0.3 is 0 Å². The molecule has 1 aliphatic rings. The molecular formula is C16H17Cl2N3O3S. The van der Waals surface area contributed by atoms with E-state index < -0.39 is 9.84 Å². The lowest BCUT2D eigenvalue weighted by molar-refractivity contribution is 0.0985. The molecule has 1 saturated heterocycles. The van der Waals surface area contributed by atoms with Crippen LogP contribution in [0.2, 0.25) is 10.3 Å². The van der Waals surface area contributed by atoms with E-state index in [1.807, 2.05) is 11.8 Å². The molecule has 1 unspecified atom stereocenters. The maximum atomic E-state index is 12.6. The zero-order valence-corrected chi connectivity index (χ0v) is 15.9. The smallest absolute Gasteiger partial charge is 0.224 e. The molecule has 0 aliphatic carbocycles. The monoisotopic (exact) mass is 401 g/mol. The Morgan fingerprint density at radius 2 is 1.96 bits per heavy atom. The standard InChI is InChI=1S/C16H17Cl2N3O3S/c1-11-9-24-7-6-21(11)15-8-13(19-16(18)20-15)10-25(22,23)14-4-2-12(17)3-5-14/h2-5,8,11H,6-7,9-10H2,1H3. The fraction of sp³-hybridized carbons (Fsp3) is 0.375. The summed E-state index contributed by atoms with van der Waals surface area (Å²) >= 11 is 11.8. The van der Waals surface area contributed by atoms with Crippen molar-refractivity contribution in [2.45, 2.75) is 23.6 Å². The zero-order chi connectivity index (χ0) is 18.0. The number of hydrogen-bond donors (Lipinski definition) is 0. The van der Waals surface area contributed by atoms with Gasteiger partial charge in [0.05, 0.1) is 35.6 Å². The van der Waals surface area contributed by atoms with Crippen LogP contribution in [-0.4, -0.2) is 44.2 Å². The molecule has 1 fully saturated rings. The first-order valence-corrected chi connectivity index (χ1v) is 10.1. The summed E-state index contributed by atoms with van der Waals surface area (Å²) in [4.78, 5) is 10.5. The van der Waals surface area contributed by atoms with Gasteiger partial charge in [0.15, 0.2) is 9.84 Å². The summed E-state index contributed by atoms with van der Waals surface area (Å²) in [7, 11) is -3.56. The highest BCUT2D eigenvalue weighted by Crippen LogP contribution is 2.23. The van der Waals surface area contributed by atoms with Crippen LogP contribution in [0.4, 0.5) is 5.82 Å². The SMILES string of the molecule is CC1COCCN1c1cc(CS(=O)(=O)c2ccc(Cl)cc2)nc(Cl)n1. The van der Waals surface area contributed by atoms with E-state index in [4.69, 9.17) is 27.9 Å².